The molecule has 0 N–H and O–H groups in total. The highest BCUT2D eigenvalue weighted by Crippen LogP contribution is 2.24. The lowest BCUT2D eigenvalue weighted by atomic mass is 10.2. The number of halogens is 3. The Morgan fingerprint density at radius 2 is 2.11 bits per heavy atom. The molecule has 0 aromatic heterocycles. The van der Waals surface area contributed by atoms with Crippen molar-refractivity contribution in [3.63, 3.8) is 0 Å². The van der Waals surface area contributed by atoms with Crippen molar-refractivity contribution in [2.45, 2.75) is 18.2 Å². The molecule has 1 fully saturated rings. The van der Waals surface area contributed by atoms with Crippen molar-refractivity contribution in [3.8, 4) is 0 Å². The molecule has 19 heavy (non-hydrogen) atoms. The number of nitrogens with zero attached hydrogens (tertiary/aromatic N) is 1. The van der Waals surface area contributed by atoms with E-state index >= 15 is 0 Å². The van der Waals surface area contributed by atoms with Gasteiger partial charge in [-0.3, -0.25) is 4.79 Å². The molecule has 0 radical (unpaired) electrons. The molecule has 1 atom stereocenters. The van der Waals surface area contributed by atoms with Crippen LogP contribution in [-0.4, -0.2) is 31.0 Å². The Morgan fingerprint density at radius 1 is 1.42 bits per heavy atom. The first-order valence-electron chi connectivity index (χ1n) is 5.42. The van der Waals surface area contributed by atoms with E-state index in [2.05, 4.69) is 0 Å². The first-order chi connectivity index (χ1) is 8.77. The maximum atomic E-state index is 12.9. The van der Waals surface area contributed by atoms with Crippen LogP contribution in [0, 0.1) is 5.82 Å². The summed E-state index contributed by atoms with van der Waals surface area (Å²) in [5.41, 5.74) is 0.480. The van der Waals surface area contributed by atoms with Gasteiger partial charge in [-0.05, 0) is 17.7 Å². The standard InChI is InChI=1S/C11H10ClF2NO3S/c12-10-3-8(13)2-1-7(10)5-15-6-9(4-11(15)16)19(14,17)18/h1-3,9H,4-6H2. The summed E-state index contributed by atoms with van der Waals surface area (Å²) in [5, 5.41) is -1.20. The number of amides is 1. The van der Waals surface area contributed by atoms with Crippen molar-refractivity contribution in [2.24, 2.45) is 0 Å². The molecule has 0 bridgehead atoms. The minimum atomic E-state index is -4.73. The molecule has 0 spiro atoms. The first-order valence-corrected chi connectivity index (χ1v) is 7.25. The molecule has 1 amide bonds. The third-order valence-electron chi connectivity index (χ3n) is 2.95. The number of likely N-dealkylation sites (tertiary alicyclic amines) is 1. The van der Waals surface area contributed by atoms with Gasteiger partial charge in [0.15, 0.2) is 0 Å². The summed E-state index contributed by atoms with van der Waals surface area (Å²) in [7, 11) is -4.73. The number of benzene rings is 1. The number of hydrogen-bond acceptors (Lipinski definition) is 3. The van der Waals surface area contributed by atoms with Gasteiger partial charge in [-0.25, -0.2) is 4.39 Å². The Labute approximate surface area is 114 Å². The highest BCUT2D eigenvalue weighted by molar-refractivity contribution is 7.87. The monoisotopic (exact) mass is 309 g/mol. The number of carbonyl (C=O) groups excluding carboxylic acids is 1. The summed E-state index contributed by atoms with van der Waals surface area (Å²) in [6.07, 6.45) is -0.377. The number of hydrogen-bond donors (Lipinski definition) is 0. The fourth-order valence-corrected chi connectivity index (χ4v) is 2.86. The van der Waals surface area contributed by atoms with Crippen LogP contribution in [0.25, 0.3) is 0 Å². The molecule has 104 valence electrons. The fraction of sp³-hybridized carbons (Fsp3) is 0.364. The summed E-state index contributed by atoms with van der Waals surface area (Å²) in [6, 6.07) is 3.69. The molecule has 4 nitrogen and oxygen atoms in total. The smallest absolute Gasteiger partial charge is 0.307 e. The Balaban J connectivity index is 2.14. The lowest BCUT2D eigenvalue weighted by Gasteiger charge is -2.16. The van der Waals surface area contributed by atoms with E-state index in [4.69, 9.17) is 11.6 Å². The van der Waals surface area contributed by atoms with E-state index in [1.54, 1.807) is 0 Å². The second-order valence-electron chi connectivity index (χ2n) is 4.31. The van der Waals surface area contributed by atoms with Gasteiger partial charge in [0.05, 0.1) is 0 Å². The van der Waals surface area contributed by atoms with Crippen molar-refractivity contribution in [1.82, 2.24) is 4.90 Å². The van der Waals surface area contributed by atoms with E-state index in [9.17, 15) is 21.5 Å². The van der Waals surface area contributed by atoms with Crippen molar-refractivity contribution in [3.05, 3.63) is 34.6 Å². The average molecular weight is 310 g/mol. The van der Waals surface area contributed by atoms with E-state index in [-0.39, 0.29) is 24.5 Å². The van der Waals surface area contributed by atoms with E-state index in [1.165, 1.54) is 17.0 Å². The van der Waals surface area contributed by atoms with Crippen LogP contribution in [-0.2, 0) is 21.6 Å². The molecule has 2 rings (SSSR count). The molecular weight excluding hydrogens is 300 g/mol. The maximum Gasteiger partial charge on any atom is 0.307 e. The Morgan fingerprint density at radius 3 is 2.63 bits per heavy atom. The normalized spacial score (nSPS) is 20.1. The maximum absolute atomic E-state index is 12.9. The average Bonchev–Trinajstić information content (AvgIpc) is 2.64. The van der Waals surface area contributed by atoms with Gasteiger partial charge < -0.3 is 4.90 Å². The van der Waals surface area contributed by atoms with Crippen LogP contribution < -0.4 is 0 Å². The van der Waals surface area contributed by atoms with Crippen molar-refractivity contribution < 1.29 is 21.5 Å². The molecule has 1 unspecified atom stereocenters. The summed E-state index contributed by atoms with van der Waals surface area (Å²) in [4.78, 5) is 12.8. The predicted octanol–water partition coefficient (Wildman–Crippen LogP) is 1.88. The lowest BCUT2D eigenvalue weighted by molar-refractivity contribution is -0.128. The quantitative estimate of drug-likeness (QED) is 0.801. The van der Waals surface area contributed by atoms with Crippen LogP contribution in [0.1, 0.15) is 12.0 Å². The molecule has 1 saturated heterocycles. The van der Waals surface area contributed by atoms with Crippen LogP contribution in [0.15, 0.2) is 18.2 Å². The van der Waals surface area contributed by atoms with Gasteiger partial charge in [0.1, 0.15) is 11.1 Å². The highest BCUT2D eigenvalue weighted by Gasteiger charge is 2.38. The van der Waals surface area contributed by atoms with Crippen molar-refractivity contribution >= 4 is 27.7 Å². The minimum Gasteiger partial charge on any atom is -0.337 e. The molecule has 1 aliphatic rings. The van der Waals surface area contributed by atoms with Gasteiger partial charge in [0, 0.05) is 24.5 Å². The van der Waals surface area contributed by atoms with E-state index in [0.717, 1.165) is 6.07 Å². The Hall–Kier alpha value is -1.21. The summed E-state index contributed by atoms with van der Waals surface area (Å²) in [5.74, 6) is -0.975. The first kappa shape index (κ1) is 14.2. The summed E-state index contributed by atoms with van der Waals surface area (Å²) < 4.78 is 47.2. The largest absolute Gasteiger partial charge is 0.337 e. The minimum absolute atomic E-state index is 0.0317. The van der Waals surface area contributed by atoms with Crippen LogP contribution >= 0.6 is 11.6 Å². The van der Waals surface area contributed by atoms with Gasteiger partial charge in [-0.15, -0.1) is 3.89 Å². The van der Waals surface area contributed by atoms with Crippen LogP contribution in [0.3, 0.4) is 0 Å². The second kappa shape index (κ2) is 5.05. The van der Waals surface area contributed by atoms with Crippen LogP contribution in [0.5, 0.6) is 0 Å². The van der Waals surface area contributed by atoms with Gasteiger partial charge in [-0.1, -0.05) is 17.7 Å². The molecule has 0 saturated carbocycles. The van der Waals surface area contributed by atoms with Gasteiger partial charge in [0.2, 0.25) is 5.91 Å². The highest BCUT2D eigenvalue weighted by atomic mass is 35.5. The van der Waals surface area contributed by atoms with Crippen molar-refractivity contribution in [2.75, 3.05) is 6.54 Å². The van der Waals surface area contributed by atoms with Crippen LogP contribution in [0.4, 0.5) is 8.28 Å². The van der Waals surface area contributed by atoms with E-state index < -0.39 is 27.2 Å². The second-order valence-corrected chi connectivity index (χ2v) is 6.34. The van der Waals surface area contributed by atoms with Crippen molar-refractivity contribution in [1.29, 1.82) is 0 Å². The SMILES string of the molecule is O=C1CC(S(=O)(=O)F)CN1Cc1ccc(F)cc1Cl. The zero-order chi connectivity index (χ0) is 14.2. The summed E-state index contributed by atoms with van der Waals surface area (Å²) in [6.45, 7) is -0.185. The zero-order valence-electron chi connectivity index (χ0n) is 9.64. The van der Waals surface area contributed by atoms with Crippen LogP contribution in [0.2, 0.25) is 5.02 Å². The van der Waals surface area contributed by atoms with Gasteiger partial charge >= 0.3 is 10.2 Å². The number of rotatable bonds is 3. The third kappa shape index (κ3) is 3.22. The lowest BCUT2D eigenvalue weighted by Crippen LogP contribution is -2.27. The predicted molar refractivity (Wildman–Crippen MR) is 65.3 cm³/mol. The third-order valence-corrected chi connectivity index (χ3v) is 4.42. The molecule has 1 heterocycles. The zero-order valence-corrected chi connectivity index (χ0v) is 11.2. The molecule has 1 aliphatic heterocycles. The van der Waals surface area contributed by atoms with E-state index in [0.29, 0.717) is 5.56 Å². The topological polar surface area (TPSA) is 54.5 Å². The van der Waals surface area contributed by atoms with Gasteiger partial charge in [-0.2, -0.15) is 8.42 Å². The molecule has 0 aliphatic carbocycles. The Kier molecular flexibility index (Phi) is 3.78. The molecular formula is C11H10ClF2NO3S. The fourth-order valence-electron chi connectivity index (χ4n) is 1.93. The molecule has 1 aromatic carbocycles. The Bertz CT molecular complexity index is 620. The summed E-state index contributed by atoms with van der Waals surface area (Å²) >= 11 is 5.81. The number of carbonyl (C=O) groups is 1. The van der Waals surface area contributed by atoms with Gasteiger partial charge in [0.25, 0.3) is 0 Å². The van der Waals surface area contributed by atoms with E-state index in [1.807, 2.05) is 0 Å². The molecule has 1 aromatic rings. The molecule has 8 heteroatoms.